The first-order valence-electron chi connectivity index (χ1n) is 9.82. The van der Waals surface area contributed by atoms with E-state index in [1.54, 1.807) is 13.2 Å². The Kier molecular flexibility index (Phi) is 4.69. The van der Waals surface area contributed by atoms with Crippen molar-refractivity contribution in [2.24, 2.45) is 0 Å². The third kappa shape index (κ3) is 3.41. The van der Waals surface area contributed by atoms with Gasteiger partial charge in [-0.3, -0.25) is 4.79 Å². The Morgan fingerprint density at radius 3 is 2.86 bits per heavy atom. The van der Waals surface area contributed by atoms with Crippen molar-refractivity contribution in [2.45, 2.75) is 51.5 Å². The lowest BCUT2D eigenvalue weighted by molar-refractivity contribution is -0.131. The quantitative estimate of drug-likeness (QED) is 0.880. The van der Waals surface area contributed by atoms with E-state index in [4.69, 9.17) is 4.74 Å². The highest BCUT2D eigenvalue weighted by Gasteiger charge is 2.43. The number of rotatable bonds is 3. The highest BCUT2D eigenvalue weighted by molar-refractivity contribution is 5.83. The smallest absolute Gasteiger partial charge is 0.231 e. The van der Waals surface area contributed by atoms with Crippen molar-refractivity contribution in [1.82, 2.24) is 19.9 Å². The van der Waals surface area contributed by atoms with E-state index in [1.807, 2.05) is 25.7 Å². The maximum Gasteiger partial charge on any atom is 0.231 e. The number of fused-ring (bicyclic) bond motifs is 1. The molecule has 0 bridgehead atoms. The molecule has 1 spiro atoms. The first-order chi connectivity index (χ1) is 13.4. The second-order valence-electron chi connectivity index (χ2n) is 7.98. The van der Waals surface area contributed by atoms with Crippen molar-refractivity contribution in [3.8, 4) is 5.88 Å². The zero-order valence-corrected chi connectivity index (χ0v) is 17.0. The number of hydrogen-bond acceptors (Lipinski definition) is 6. The predicted molar refractivity (Wildman–Crippen MR) is 107 cm³/mol. The van der Waals surface area contributed by atoms with Crippen molar-refractivity contribution in [1.29, 1.82) is 0 Å². The number of carbonyl (C=O) groups excluding carboxylic acids is 1. The molecule has 4 heterocycles. The number of aromatic nitrogens is 3. The van der Waals surface area contributed by atoms with Crippen molar-refractivity contribution < 1.29 is 9.53 Å². The SMILES string of the molecule is COc1cc(C(C)C(=O)N2CCC3(CCc4ccc(C)nc4N3)C2)nc(C)n1. The fraction of sp³-hybridized carbons (Fsp3) is 0.524. The molecule has 28 heavy (non-hydrogen) atoms. The van der Waals surface area contributed by atoms with E-state index in [0.29, 0.717) is 23.9 Å². The first-order valence-corrected chi connectivity index (χ1v) is 9.82. The second-order valence-corrected chi connectivity index (χ2v) is 7.98. The van der Waals surface area contributed by atoms with Gasteiger partial charge in [0.1, 0.15) is 11.6 Å². The van der Waals surface area contributed by atoms with Crippen LogP contribution in [0.3, 0.4) is 0 Å². The Hall–Kier alpha value is -2.70. The van der Waals surface area contributed by atoms with E-state index >= 15 is 0 Å². The zero-order valence-electron chi connectivity index (χ0n) is 17.0. The molecule has 2 unspecified atom stereocenters. The van der Waals surface area contributed by atoms with Crippen LogP contribution in [0, 0.1) is 13.8 Å². The van der Waals surface area contributed by atoms with Gasteiger partial charge in [-0.15, -0.1) is 0 Å². The van der Waals surface area contributed by atoms with Crippen LogP contribution in [0.2, 0.25) is 0 Å². The largest absolute Gasteiger partial charge is 0.481 e. The Balaban J connectivity index is 1.50. The van der Waals surface area contributed by atoms with Gasteiger partial charge in [-0.2, -0.15) is 4.98 Å². The molecule has 4 rings (SSSR count). The number of nitrogens with zero attached hydrogens (tertiary/aromatic N) is 4. The van der Waals surface area contributed by atoms with Gasteiger partial charge in [-0.05, 0) is 51.7 Å². The summed E-state index contributed by atoms with van der Waals surface area (Å²) in [5, 5.41) is 3.65. The molecule has 2 aromatic rings. The average molecular weight is 381 g/mol. The number of amides is 1. The van der Waals surface area contributed by atoms with Gasteiger partial charge < -0.3 is 15.0 Å². The van der Waals surface area contributed by atoms with Crippen molar-refractivity contribution >= 4 is 11.7 Å². The minimum atomic E-state index is -0.331. The number of anilines is 1. The molecule has 1 saturated heterocycles. The minimum absolute atomic E-state index is 0.0809. The van der Waals surface area contributed by atoms with Gasteiger partial charge in [0.05, 0.1) is 24.3 Å². The Bertz CT molecular complexity index is 916. The average Bonchev–Trinajstić information content (AvgIpc) is 3.09. The van der Waals surface area contributed by atoms with E-state index in [9.17, 15) is 4.79 Å². The Morgan fingerprint density at radius 2 is 2.07 bits per heavy atom. The molecule has 2 aliphatic rings. The lowest BCUT2D eigenvalue weighted by Gasteiger charge is -2.36. The summed E-state index contributed by atoms with van der Waals surface area (Å²) >= 11 is 0. The molecule has 148 valence electrons. The summed E-state index contributed by atoms with van der Waals surface area (Å²) in [5.74, 6) is 1.85. The summed E-state index contributed by atoms with van der Waals surface area (Å²) < 4.78 is 5.23. The second kappa shape index (κ2) is 7.04. The molecular formula is C21H27N5O2. The molecule has 1 fully saturated rings. The van der Waals surface area contributed by atoms with Gasteiger partial charge in [0.25, 0.3) is 0 Å². The maximum atomic E-state index is 13.2. The first kappa shape index (κ1) is 18.7. The molecule has 7 heteroatoms. The summed E-state index contributed by atoms with van der Waals surface area (Å²) in [4.78, 5) is 28.5. The third-order valence-corrected chi connectivity index (χ3v) is 5.90. The number of aryl methyl sites for hydroxylation is 3. The number of pyridine rings is 1. The summed E-state index contributed by atoms with van der Waals surface area (Å²) in [7, 11) is 1.57. The van der Waals surface area contributed by atoms with Crippen molar-refractivity contribution in [2.75, 3.05) is 25.5 Å². The Labute approximate surface area is 165 Å². The van der Waals surface area contributed by atoms with E-state index in [1.165, 1.54) is 5.56 Å². The molecule has 1 N–H and O–H groups in total. The summed E-state index contributed by atoms with van der Waals surface area (Å²) in [5.41, 5.74) is 2.89. The highest BCUT2D eigenvalue weighted by Crippen LogP contribution is 2.37. The van der Waals surface area contributed by atoms with Gasteiger partial charge in [-0.25, -0.2) is 9.97 Å². The molecule has 2 aliphatic heterocycles. The molecule has 0 aliphatic carbocycles. The van der Waals surface area contributed by atoms with Gasteiger partial charge in [-0.1, -0.05) is 6.07 Å². The fourth-order valence-electron chi connectivity index (χ4n) is 4.24. The van der Waals surface area contributed by atoms with Crippen LogP contribution in [0.5, 0.6) is 5.88 Å². The molecular weight excluding hydrogens is 354 g/mol. The number of ether oxygens (including phenoxy) is 1. The van der Waals surface area contributed by atoms with Crippen LogP contribution >= 0.6 is 0 Å². The monoisotopic (exact) mass is 381 g/mol. The van der Waals surface area contributed by atoms with Gasteiger partial charge in [0.15, 0.2) is 0 Å². The van der Waals surface area contributed by atoms with Crippen LogP contribution in [0.15, 0.2) is 18.2 Å². The van der Waals surface area contributed by atoms with Crippen LogP contribution in [-0.4, -0.2) is 51.5 Å². The molecule has 2 atom stereocenters. The molecule has 7 nitrogen and oxygen atoms in total. The van der Waals surface area contributed by atoms with E-state index in [0.717, 1.165) is 37.3 Å². The van der Waals surface area contributed by atoms with E-state index < -0.39 is 0 Å². The number of methoxy groups -OCH3 is 1. The molecule has 1 amide bonds. The number of hydrogen-bond donors (Lipinski definition) is 1. The third-order valence-electron chi connectivity index (χ3n) is 5.90. The highest BCUT2D eigenvalue weighted by atomic mass is 16.5. The van der Waals surface area contributed by atoms with Crippen molar-refractivity contribution in [3.63, 3.8) is 0 Å². The maximum absolute atomic E-state index is 13.2. The number of nitrogens with one attached hydrogen (secondary N) is 1. The van der Waals surface area contributed by atoms with E-state index in [2.05, 4.69) is 32.4 Å². The summed E-state index contributed by atoms with van der Waals surface area (Å²) in [6.07, 6.45) is 2.95. The van der Waals surface area contributed by atoms with E-state index in [-0.39, 0.29) is 17.4 Å². The summed E-state index contributed by atoms with van der Waals surface area (Å²) in [6, 6.07) is 5.97. The van der Waals surface area contributed by atoms with Crippen LogP contribution < -0.4 is 10.1 Å². The fourth-order valence-corrected chi connectivity index (χ4v) is 4.24. The normalized spacial score (nSPS) is 21.9. The van der Waals surface area contributed by atoms with Crippen LogP contribution in [-0.2, 0) is 11.2 Å². The summed E-state index contributed by atoms with van der Waals surface area (Å²) in [6.45, 7) is 7.17. The van der Waals surface area contributed by atoms with Crippen molar-refractivity contribution in [3.05, 3.63) is 41.0 Å². The van der Waals surface area contributed by atoms with Gasteiger partial charge >= 0.3 is 0 Å². The lowest BCUT2D eigenvalue weighted by atomic mass is 9.86. The lowest BCUT2D eigenvalue weighted by Crippen LogP contribution is -2.46. The Morgan fingerprint density at radius 1 is 1.25 bits per heavy atom. The van der Waals surface area contributed by atoms with Gasteiger partial charge in [0, 0.05) is 24.8 Å². The zero-order chi connectivity index (χ0) is 19.9. The minimum Gasteiger partial charge on any atom is -0.481 e. The topological polar surface area (TPSA) is 80.2 Å². The van der Waals surface area contributed by atoms with Crippen LogP contribution in [0.4, 0.5) is 5.82 Å². The standard InChI is InChI=1S/C21H27N5O2/c1-13-5-6-16-7-8-21(25-19(16)22-13)9-10-26(12-21)20(27)14(2)17-11-18(28-4)24-15(3)23-17/h5-6,11,14H,7-10,12H2,1-4H3,(H,22,25). The van der Waals surface area contributed by atoms with Crippen LogP contribution in [0.25, 0.3) is 0 Å². The molecule has 2 aromatic heterocycles. The van der Waals surface area contributed by atoms with Gasteiger partial charge in [0.2, 0.25) is 11.8 Å². The molecule has 0 radical (unpaired) electrons. The van der Waals surface area contributed by atoms with Crippen LogP contribution in [0.1, 0.15) is 48.5 Å². The number of carbonyl (C=O) groups is 1. The predicted octanol–water partition coefficient (Wildman–Crippen LogP) is 2.63. The molecule has 0 saturated carbocycles. The molecule has 0 aromatic carbocycles. The number of likely N-dealkylation sites (tertiary alicyclic amines) is 1.